The zero-order chi connectivity index (χ0) is 14.7. The highest BCUT2D eigenvalue weighted by atomic mass is 16.3. The van der Waals surface area contributed by atoms with Gasteiger partial charge in [-0.25, -0.2) is 4.79 Å². The molecule has 1 aromatic carbocycles. The molecule has 1 heterocycles. The zero-order valence-electron chi connectivity index (χ0n) is 11.9. The number of benzene rings is 1. The third-order valence-electron chi connectivity index (χ3n) is 3.97. The molecule has 0 aliphatic carbocycles. The van der Waals surface area contributed by atoms with Crippen molar-refractivity contribution in [3.8, 4) is 0 Å². The number of nitrogens with one attached hydrogen (secondary N) is 1. The van der Waals surface area contributed by atoms with E-state index in [4.69, 9.17) is 0 Å². The molecule has 2 amide bonds. The van der Waals surface area contributed by atoms with Crippen LogP contribution in [0, 0.1) is 5.92 Å². The van der Waals surface area contributed by atoms with Crippen LogP contribution in [0.1, 0.15) is 31.9 Å². The van der Waals surface area contributed by atoms with Crippen molar-refractivity contribution in [3.63, 3.8) is 0 Å². The fourth-order valence-electron chi connectivity index (χ4n) is 2.58. The molecule has 1 aliphatic heterocycles. The number of likely N-dealkylation sites (tertiary alicyclic amines) is 1. The van der Waals surface area contributed by atoms with Gasteiger partial charge in [-0.2, -0.15) is 0 Å². The molecule has 0 saturated carbocycles. The van der Waals surface area contributed by atoms with Gasteiger partial charge in [0.05, 0.1) is 18.8 Å². The molecule has 0 radical (unpaired) electrons. The van der Waals surface area contributed by atoms with Crippen molar-refractivity contribution in [2.75, 3.05) is 18.5 Å². The number of rotatable bonds is 3. The second kappa shape index (κ2) is 6.24. The van der Waals surface area contributed by atoms with Crippen LogP contribution in [0.5, 0.6) is 0 Å². The largest absolute Gasteiger partial charge is 0.394 e. The summed E-state index contributed by atoms with van der Waals surface area (Å²) in [7, 11) is 0. The first-order chi connectivity index (χ1) is 9.52. The minimum atomic E-state index is -0.516. The minimum absolute atomic E-state index is 0.00441. The molecule has 20 heavy (non-hydrogen) atoms. The summed E-state index contributed by atoms with van der Waals surface area (Å²) in [6, 6.07) is 6.83. The maximum atomic E-state index is 12.2. The second-order valence-corrected chi connectivity index (χ2v) is 5.44. The summed E-state index contributed by atoms with van der Waals surface area (Å²) < 4.78 is 0. The number of aliphatic hydroxyl groups excluding tert-OH is 2. The quantitative estimate of drug-likeness (QED) is 0.791. The average Bonchev–Trinajstić information content (AvgIpc) is 2.80. The molecule has 1 fully saturated rings. The Balaban J connectivity index is 2.01. The number of carbonyl (C=O) groups is 1. The molecule has 0 bridgehead atoms. The maximum Gasteiger partial charge on any atom is 0.322 e. The second-order valence-electron chi connectivity index (χ2n) is 5.44. The number of amides is 2. The number of nitrogens with zero attached hydrogens (tertiary/aromatic N) is 1. The van der Waals surface area contributed by atoms with E-state index in [0.717, 1.165) is 12.0 Å². The Labute approximate surface area is 119 Å². The van der Waals surface area contributed by atoms with Gasteiger partial charge < -0.3 is 20.4 Å². The van der Waals surface area contributed by atoms with Crippen molar-refractivity contribution < 1.29 is 15.0 Å². The lowest BCUT2D eigenvalue weighted by atomic mass is 10.0. The maximum absolute atomic E-state index is 12.2. The Kier molecular flexibility index (Phi) is 4.62. The lowest BCUT2D eigenvalue weighted by Crippen LogP contribution is -2.42. The van der Waals surface area contributed by atoms with Crippen LogP contribution >= 0.6 is 0 Å². The molecule has 1 aromatic rings. The molecule has 1 saturated heterocycles. The van der Waals surface area contributed by atoms with Crippen LogP contribution in [0.2, 0.25) is 0 Å². The molecular formula is C15H22N2O3. The molecule has 110 valence electrons. The van der Waals surface area contributed by atoms with Crippen molar-refractivity contribution in [1.82, 2.24) is 4.90 Å². The van der Waals surface area contributed by atoms with Crippen LogP contribution in [0.15, 0.2) is 24.3 Å². The normalized spacial score (nSPS) is 23.7. The Morgan fingerprint density at radius 3 is 2.65 bits per heavy atom. The third-order valence-corrected chi connectivity index (χ3v) is 3.97. The number of hydrogen-bond acceptors (Lipinski definition) is 3. The highest BCUT2D eigenvalue weighted by Crippen LogP contribution is 2.24. The Morgan fingerprint density at radius 2 is 2.10 bits per heavy atom. The van der Waals surface area contributed by atoms with Crippen LogP contribution in [-0.4, -0.2) is 40.3 Å². The van der Waals surface area contributed by atoms with Gasteiger partial charge in [0.1, 0.15) is 0 Å². The van der Waals surface area contributed by atoms with Crippen LogP contribution in [-0.2, 0) is 0 Å². The highest BCUT2D eigenvalue weighted by molar-refractivity contribution is 5.89. The molecular weight excluding hydrogens is 256 g/mol. The fraction of sp³-hybridized carbons (Fsp3) is 0.533. The van der Waals surface area contributed by atoms with Gasteiger partial charge in [-0.15, -0.1) is 0 Å². The number of urea groups is 1. The van der Waals surface area contributed by atoms with Gasteiger partial charge in [0.25, 0.3) is 0 Å². The lowest BCUT2D eigenvalue weighted by molar-refractivity contribution is 0.152. The molecule has 3 atom stereocenters. The van der Waals surface area contributed by atoms with E-state index in [1.165, 1.54) is 0 Å². The van der Waals surface area contributed by atoms with Crippen molar-refractivity contribution in [1.29, 1.82) is 0 Å². The van der Waals surface area contributed by atoms with Gasteiger partial charge in [0.2, 0.25) is 0 Å². The van der Waals surface area contributed by atoms with Crippen LogP contribution in [0.4, 0.5) is 10.5 Å². The van der Waals surface area contributed by atoms with Crippen molar-refractivity contribution in [2.24, 2.45) is 5.92 Å². The molecule has 2 rings (SSSR count). The van der Waals surface area contributed by atoms with Gasteiger partial charge in [-0.3, -0.25) is 0 Å². The van der Waals surface area contributed by atoms with E-state index < -0.39 is 6.10 Å². The van der Waals surface area contributed by atoms with Crippen LogP contribution in [0.3, 0.4) is 0 Å². The smallest absolute Gasteiger partial charge is 0.322 e. The Bertz CT molecular complexity index is 459. The summed E-state index contributed by atoms with van der Waals surface area (Å²) in [4.78, 5) is 13.9. The van der Waals surface area contributed by atoms with Gasteiger partial charge >= 0.3 is 6.03 Å². The van der Waals surface area contributed by atoms with E-state index >= 15 is 0 Å². The summed E-state index contributed by atoms with van der Waals surface area (Å²) in [6.45, 7) is 4.41. The summed E-state index contributed by atoms with van der Waals surface area (Å²) in [5, 5.41) is 21.6. The van der Waals surface area contributed by atoms with Crippen molar-refractivity contribution in [2.45, 2.75) is 32.4 Å². The number of carbonyl (C=O) groups excluding carboxylic acids is 1. The predicted octanol–water partition coefficient (Wildman–Crippen LogP) is 1.97. The highest BCUT2D eigenvalue weighted by Gasteiger charge is 2.33. The Morgan fingerprint density at radius 1 is 1.45 bits per heavy atom. The molecule has 5 nitrogen and oxygen atoms in total. The zero-order valence-corrected chi connectivity index (χ0v) is 11.9. The fourth-order valence-corrected chi connectivity index (χ4v) is 2.58. The van der Waals surface area contributed by atoms with Gasteiger partial charge in [-0.05, 0) is 37.0 Å². The monoisotopic (exact) mass is 278 g/mol. The van der Waals surface area contributed by atoms with E-state index in [1.54, 1.807) is 36.1 Å². The molecule has 5 heteroatoms. The van der Waals surface area contributed by atoms with Crippen molar-refractivity contribution in [3.05, 3.63) is 29.8 Å². The van der Waals surface area contributed by atoms with Gasteiger partial charge in [0.15, 0.2) is 0 Å². The lowest BCUT2D eigenvalue weighted by Gasteiger charge is -2.25. The van der Waals surface area contributed by atoms with E-state index in [2.05, 4.69) is 5.32 Å². The van der Waals surface area contributed by atoms with E-state index in [1.807, 2.05) is 6.92 Å². The number of hydrogen-bond donors (Lipinski definition) is 3. The summed E-state index contributed by atoms with van der Waals surface area (Å²) in [6.07, 6.45) is 0.400. The molecule has 3 N–H and O–H groups in total. The van der Waals surface area contributed by atoms with Crippen LogP contribution < -0.4 is 5.32 Å². The predicted molar refractivity (Wildman–Crippen MR) is 77.5 cm³/mol. The first-order valence-electron chi connectivity index (χ1n) is 6.99. The first-order valence-corrected chi connectivity index (χ1v) is 6.99. The minimum Gasteiger partial charge on any atom is -0.394 e. The van der Waals surface area contributed by atoms with E-state index in [-0.39, 0.29) is 18.7 Å². The Hall–Kier alpha value is -1.59. The molecule has 0 spiro atoms. The van der Waals surface area contributed by atoms with E-state index in [0.29, 0.717) is 18.2 Å². The first kappa shape index (κ1) is 14.8. The average molecular weight is 278 g/mol. The number of anilines is 1. The summed E-state index contributed by atoms with van der Waals surface area (Å²) in [5.41, 5.74) is 1.50. The standard InChI is InChI=1S/C15H22N2O3/c1-10-7-8-17(14(10)9-18)15(20)16-13-5-3-12(4-6-13)11(2)19/h3-6,10-11,14,18-19H,7-9H2,1-2H3,(H,16,20). The van der Waals surface area contributed by atoms with E-state index in [9.17, 15) is 15.0 Å². The topological polar surface area (TPSA) is 72.8 Å². The van der Waals surface area contributed by atoms with Gasteiger partial charge in [-0.1, -0.05) is 19.1 Å². The number of aliphatic hydroxyl groups is 2. The third kappa shape index (κ3) is 3.11. The SMILES string of the molecule is CC(O)c1ccc(NC(=O)N2CCC(C)C2CO)cc1. The van der Waals surface area contributed by atoms with Crippen molar-refractivity contribution >= 4 is 11.7 Å². The van der Waals surface area contributed by atoms with Gasteiger partial charge in [0, 0.05) is 12.2 Å². The molecule has 3 unspecified atom stereocenters. The van der Waals surface area contributed by atoms with Crippen LogP contribution in [0.25, 0.3) is 0 Å². The molecule has 0 aromatic heterocycles. The summed E-state index contributed by atoms with van der Waals surface area (Å²) in [5.74, 6) is 0.323. The molecule has 1 aliphatic rings. The summed E-state index contributed by atoms with van der Waals surface area (Å²) >= 11 is 0.